The quantitative estimate of drug-likeness (QED) is 0.881. The van der Waals surface area contributed by atoms with Crippen molar-refractivity contribution >= 4 is 11.6 Å². The van der Waals surface area contributed by atoms with Gasteiger partial charge in [-0.25, -0.2) is 13.2 Å². The lowest BCUT2D eigenvalue weighted by molar-refractivity contribution is 0.219. The van der Waals surface area contributed by atoms with Crippen LogP contribution in [0.4, 0.5) is 13.2 Å². The van der Waals surface area contributed by atoms with Crippen molar-refractivity contribution < 1.29 is 18.3 Å². The van der Waals surface area contributed by atoms with Crippen LogP contribution in [0.5, 0.6) is 0 Å². The van der Waals surface area contributed by atoms with Crippen LogP contribution in [0.2, 0.25) is 5.02 Å². The summed E-state index contributed by atoms with van der Waals surface area (Å²) in [5, 5.41) is 10.1. The van der Waals surface area contributed by atoms with E-state index < -0.39 is 23.6 Å². The first-order valence-corrected chi connectivity index (χ1v) is 5.44. The number of rotatable bonds is 2. The number of aliphatic hydroxyl groups excluding tert-OH is 1. The van der Waals surface area contributed by atoms with E-state index in [0.717, 1.165) is 24.3 Å². The van der Waals surface area contributed by atoms with Crippen molar-refractivity contribution in [1.29, 1.82) is 0 Å². The molecule has 2 rings (SSSR count). The van der Waals surface area contributed by atoms with Crippen LogP contribution in [0.25, 0.3) is 0 Å². The molecule has 0 amide bonds. The van der Waals surface area contributed by atoms with Gasteiger partial charge in [-0.1, -0.05) is 11.6 Å². The minimum atomic E-state index is -1.39. The molecule has 0 aromatic heterocycles. The maximum Gasteiger partial charge on any atom is 0.126 e. The van der Waals surface area contributed by atoms with Crippen molar-refractivity contribution in [3.8, 4) is 0 Å². The minimum absolute atomic E-state index is 0.0278. The Kier molecular flexibility index (Phi) is 3.59. The average Bonchev–Trinajstić information content (AvgIpc) is 2.30. The zero-order valence-electron chi connectivity index (χ0n) is 9.00. The van der Waals surface area contributed by atoms with Crippen LogP contribution < -0.4 is 0 Å². The van der Waals surface area contributed by atoms with Gasteiger partial charge in [0.15, 0.2) is 0 Å². The summed E-state index contributed by atoms with van der Waals surface area (Å²) in [7, 11) is 0. The van der Waals surface area contributed by atoms with E-state index in [1.54, 1.807) is 0 Å². The Balaban J connectivity index is 2.47. The number of halogens is 4. The number of aliphatic hydroxyl groups is 1. The smallest absolute Gasteiger partial charge is 0.126 e. The van der Waals surface area contributed by atoms with Gasteiger partial charge in [-0.3, -0.25) is 0 Å². The molecular formula is C13H8ClF3O. The van der Waals surface area contributed by atoms with E-state index in [1.807, 2.05) is 0 Å². The van der Waals surface area contributed by atoms with E-state index in [9.17, 15) is 18.3 Å². The van der Waals surface area contributed by atoms with Gasteiger partial charge in [0.2, 0.25) is 0 Å². The monoisotopic (exact) mass is 272 g/mol. The lowest BCUT2D eigenvalue weighted by atomic mass is 10.0. The SMILES string of the molecule is OC(c1cc(F)cc(F)c1)c1cc(F)ccc1Cl. The van der Waals surface area contributed by atoms with Crippen LogP contribution in [0.15, 0.2) is 36.4 Å². The first-order valence-electron chi connectivity index (χ1n) is 5.06. The predicted molar refractivity (Wildman–Crippen MR) is 61.8 cm³/mol. The fraction of sp³-hybridized carbons (Fsp3) is 0.0769. The van der Waals surface area contributed by atoms with Gasteiger partial charge in [0, 0.05) is 16.7 Å². The average molecular weight is 273 g/mol. The van der Waals surface area contributed by atoms with E-state index >= 15 is 0 Å². The molecule has 0 heterocycles. The standard InChI is InChI=1S/C13H8ClF3O/c14-12-2-1-8(15)6-11(12)13(18)7-3-9(16)5-10(17)4-7/h1-6,13,18H. The molecule has 0 spiro atoms. The molecule has 0 aliphatic rings. The molecular weight excluding hydrogens is 265 g/mol. The molecule has 5 heteroatoms. The van der Waals surface area contributed by atoms with Crippen LogP contribution in [-0.2, 0) is 0 Å². The molecule has 0 saturated heterocycles. The van der Waals surface area contributed by atoms with Crippen molar-refractivity contribution in [3.05, 3.63) is 70.0 Å². The normalized spacial score (nSPS) is 12.5. The summed E-state index contributed by atoms with van der Waals surface area (Å²) in [4.78, 5) is 0. The molecule has 0 aliphatic heterocycles. The first kappa shape index (κ1) is 12.9. The third-order valence-electron chi connectivity index (χ3n) is 2.45. The lowest BCUT2D eigenvalue weighted by Crippen LogP contribution is -2.02. The third-order valence-corrected chi connectivity index (χ3v) is 2.80. The van der Waals surface area contributed by atoms with Gasteiger partial charge in [-0.05, 0) is 35.9 Å². The van der Waals surface area contributed by atoms with Gasteiger partial charge in [0.05, 0.1) is 0 Å². The zero-order valence-corrected chi connectivity index (χ0v) is 9.76. The predicted octanol–water partition coefficient (Wildman–Crippen LogP) is 3.84. The van der Waals surface area contributed by atoms with Gasteiger partial charge < -0.3 is 5.11 Å². The van der Waals surface area contributed by atoms with E-state index in [-0.39, 0.29) is 16.1 Å². The summed E-state index contributed by atoms with van der Waals surface area (Å²) in [6, 6.07) is 6.04. The van der Waals surface area contributed by atoms with Gasteiger partial charge in [-0.2, -0.15) is 0 Å². The summed E-state index contributed by atoms with van der Waals surface area (Å²) < 4.78 is 39.1. The van der Waals surface area contributed by atoms with Crippen molar-refractivity contribution in [2.75, 3.05) is 0 Å². The second-order valence-corrected chi connectivity index (χ2v) is 4.18. The fourth-order valence-corrected chi connectivity index (χ4v) is 1.86. The Bertz CT molecular complexity index is 566. The number of hydrogen-bond donors (Lipinski definition) is 1. The molecule has 0 radical (unpaired) electrons. The van der Waals surface area contributed by atoms with Crippen molar-refractivity contribution in [3.63, 3.8) is 0 Å². The van der Waals surface area contributed by atoms with E-state index in [2.05, 4.69) is 0 Å². The molecule has 1 unspecified atom stereocenters. The van der Waals surface area contributed by atoms with Crippen LogP contribution in [-0.4, -0.2) is 5.11 Å². The highest BCUT2D eigenvalue weighted by atomic mass is 35.5. The molecule has 1 N–H and O–H groups in total. The Hall–Kier alpha value is -1.52. The summed E-state index contributed by atoms with van der Waals surface area (Å²) >= 11 is 5.81. The van der Waals surface area contributed by atoms with Crippen LogP contribution >= 0.6 is 11.6 Å². The van der Waals surface area contributed by atoms with E-state index in [4.69, 9.17) is 11.6 Å². The highest BCUT2D eigenvalue weighted by Gasteiger charge is 2.16. The van der Waals surface area contributed by atoms with Crippen molar-refractivity contribution in [2.24, 2.45) is 0 Å². The Morgan fingerprint density at radius 3 is 2.11 bits per heavy atom. The van der Waals surface area contributed by atoms with Gasteiger partial charge >= 0.3 is 0 Å². The molecule has 18 heavy (non-hydrogen) atoms. The van der Waals surface area contributed by atoms with E-state index in [1.165, 1.54) is 6.07 Å². The van der Waals surface area contributed by atoms with Crippen LogP contribution in [0.1, 0.15) is 17.2 Å². The number of benzene rings is 2. The van der Waals surface area contributed by atoms with Crippen molar-refractivity contribution in [1.82, 2.24) is 0 Å². The van der Waals surface area contributed by atoms with Gasteiger partial charge in [-0.15, -0.1) is 0 Å². The highest BCUT2D eigenvalue weighted by molar-refractivity contribution is 6.31. The molecule has 1 nitrogen and oxygen atoms in total. The molecule has 94 valence electrons. The Morgan fingerprint density at radius 2 is 1.50 bits per heavy atom. The molecule has 0 aliphatic carbocycles. The summed E-state index contributed by atoms with van der Waals surface area (Å²) in [6.07, 6.45) is -1.39. The molecule has 0 bridgehead atoms. The molecule has 2 aromatic carbocycles. The maximum absolute atomic E-state index is 13.1. The highest BCUT2D eigenvalue weighted by Crippen LogP contribution is 2.29. The van der Waals surface area contributed by atoms with Gasteiger partial charge in [0.25, 0.3) is 0 Å². The number of hydrogen-bond acceptors (Lipinski definition) is 1. The first-order chi connectivity index (χ1) is 8.47. The second kappa shape index (κ2) is 5.00. The molecule has 0 saturated carbocycles. The molecule has 1 atom stereocenters. The van der Waals surface area contributed by atoms with Gasteiger partial charge in [0.1, 0.15) is 23.6 Å². The largest absolute Gasteiger partial charge is 0.384 e. The van der Waals surface area contributed by atoms with Crippen LogP contribution in [0, 0.1) is 17.5 Å². The summed E-state index contributed by atoms with van der Waals surface area (Å²) in [6.45, 7) is 0. The van der Waals surface area contributed by atoms with Crippen LogP contribution in [0.3, 0.4) is 0 Å². The van der Waals surface area contributed by atoms with E-state index in [0.29, 0.717) is 6.07 Å². The Labute approximate surface area is 106 Å². The minimum Gasteiger partial charge on any atom is -0.384 e. The lowest BCUT2D eigenvalue weighted by Gasteiger charge is -2.13. The summed E-state index contributed by atoms with van der Waals surface area (Å²) in [5.74, 6) is -2.24. The topological polar surface area (TPSA) is 20.2 Å². The molecule has 2 aromatic rings. The maximum atomic E-state index is 13.1. The second-order valence-electron chi connectivity index (χ2n) is 3.77. The molecule has 0 fully saturated rings. The fourth-order valence-electron chi connectivity index (χ4n) is 1.64. The zero-order chi connectivity index (χ0) is 13.3. The van der Waals surface area contributed by atoms with Crippen molar-refractivity contribution in [2.45, 2.75) is 6.10 Å². The third kappa shape index (κ3) is 2.66. The summed E-state index contributed by atoms with van der Waals surface area (Å²) in [5.41, 5.74) is 0.0293. The Morgan fingerprint density at radius 1 is 0.889 bits per heavy atom.